The van der Waals surface area contributed by atoms with Gasteiger partial charge >= 0.3 is 5.97 Å². The van der Waals surface area contributed by atoms with Crippen molar-refractivity contribution in [2.45, 2.75) is 19.8 Å². The van der Waals surface area contributed by atoms with Crippen LogP contribution in [0.3, 0.4) is 0 Å². The molecular formula is C15H13N3O4S. The van der Waals surface area contributed by atoms with Crippen LogP contribution in [0.25, 0.3) is 0 Å². The Morgan fingerprint density at radius 1 is 1.39 bits per heavy atom. The van der Waals surface area contributed by atoms with Crippen LogP contribution in [0.2, 0.25) is 0 Å². The number of nitrogens with zero attached hydrogens (tertiary/aromatic N) is 2. The van der Waals surface area contributed by atoms with Crippen molar-refractivity contribution in [3.05, 3.63) is 39.9 Å². The number of aryl methyl sites for hydroxylation is 1. The molecule has 0 spiro atoms. The van der Waals surface area contributed by atoms with Gasteiger partial charge in [0, 0.05) is 11.3 Å². The summed E-state index contributed by atoms with van der Waals surface area (Å²) in [4.78, 5) is 35.7. The summed E-state index contributed by atoms with van der Waals surface area (Å²) in [5.41, 5.74) is 2.46. The number of nitrogens with one attached hydrogen (secondary N) is 1. The molecule has 7 nitrogen and oxygen atoms in total. The van der Waals surface area contributed by atoms with Gasteiger partial charge in [-0.1, -0.05) is 11.4 Å². The number of anilines is 1. The summed E-state index contributed by atoms with van der Waals surface area (Å²) in [7, 11) is 0. The van der Waals surface area contributed by atoms with Crippen molar-refractivity contribution >= 4 is 34.9 Å². The molecule has 1 N–H and O–H groups in total. The first kappa shape index (κ1) is 15.3. The molecule has 0 saturated heterocycles. The molecule has 0 bridgehead atoms. The van der Waals surface area contributed by atoms with E-state index in [-0.39, 0.29) is 24.7 Å². The molecular weight excluding hydrogens is 318 g/mol. The van der Waals surface area contributed by atoms with Crippen molar-refractivity contribution < 1.29 is 19.1 Å². The third kappa shape index (κ3) is 3.11. The highest BCUT2D eigenvalue weighted by Crippen LogP contribution is 2.24. The Bertz CT molecular complexity index is 800. The van der Waals surface area contributed by atoms with Crippen LogP contribution in [0.4, 0.5) is 5.69 Å². The van der Waals surface area contributed by atoms with E-state index in [1.807, 2.05) is 6.92 Å². The number of hydrogen-bond donors (Lipinski definition) is 1. The second kappa shape index (κ2) is 6.25. The van der Waals surface area contributed by atoms with Gasteiger partial charge in [0.1, 0.15) is 0 Å². The normalized spacial score (nSPS) is 12.7. The van der Waals surface area contributed by atoms with E-state index in [1.54, 1.807) is 18.2 Å². The lowest BCUT2D eigenvalue weighted by Crippen LogP contribution is -2.14. The maximum atomic E-state index is 12.1. The van der Waals surface area contributed by atoms with E-state index in [0.717, 1.165) is 17.1 Å². The smallest absolute Gasteiger partial charge is 0.352 e. The van der Waals surface area contributed by atoms with Crippen LogP contribution in [0, 0.1) is 0 Å². The molecule has 2 heterocycles. The summed E-state index contributed by atoms with van der Waals surface area (Å²) in [6.45, 7) is 1.50. The predicted octanol–water partition coefficient (Wildman–Crippen LogP) is 1.63. The number of amides is 1. The molecule has 0 saturated carbocycles. The summed E-state index contributed by atoms with van der Waals surface area (Å²) in [5, 5.41) is 6.53. The average molecular weight is 331 g/mol. The van der Waals surface area contributed by atoms with E-state index in [4.69, 9.17) is 4.74 Å². The average Bonchev–Trinajstić information content (AvgIpc) is 3.16. The van der Waals surface area contributed by atoms with Crippen LogP contribution in [0.1, 0.15) is 38.2 Å². The molecule has 3 rings (SSSR count). The Morgan fingerprint density at radius 2 is 2.22 bits per heavy atom. The third-order valence-electron chi connectivity index (χ3n) is 3.46. The summed E-state index contributed by atoms with van der Waals surface area (Å²) >= 11 is 0.954. The largest absolute Gasteiger partial charge is 0.453 e. The number of aromatic nitrogens is 2. The number of hydrogen-bond acceptors (Lipinski definition) is 7. The van der Waals surface area contributed by atoms with Gasteiger partial charge in [-0.05, 0) is 41.7 Å². The third-order valence-corrected chi connectivity index (χ3v) is 4.21. The zero-order valence-corrected chi connectivity index (χ0v) is 13.1. The molecule has 0 aliphatic carbocycles. The zero-order valence-electron chi connectivity index (χ0n) is 12.3. The summed E-state index contributed by atoms with van der Waals surface area (Å²) < 4.78 is 8.76. The fourth-order valence-electron chi connectivity index (χ4n) is 2.28. The predicted molar refractivity (Wildman–Crippen MR) is 82.7 cm³/mol. The molecule has 8 heteroatoms. The Labute approximate surface area is 135 Å². The monoisotopic (exact) mass is 331 g/mol. The van der Waals surface area contributed by atoms with Gasteiger partial charge < -0.3 is 10.1 Å². The van der Waals surface area contributed by atoms with Crippen molar-refractivity contribution in [3.8, 4) is 0 Å². The number of esters is 1. The lowest BCUT2D eigenvalue weighted by molar-refractivity contribution is -0.115. The molecule has 1 amide bonds. The number of ether oxygens (including phenoxy) is 1. The molecule has 23 heavy (non-hydrogen) atoms. The van der Waals surface area contributed by atoms with Gasteiger partial charge in [-0.15, -0.1) is 5.10 Å². The maximum Gasteiger partial charge on any atom is 0.352 e. The molecule has 1 aliphatic heterocycles. The first-order chi connectivity index (χ1) is 11.1. The number of rotatable bonds is 5. The molecule has 0 fully saturated rings. The number of ketones is 1. The van der Waals surface area contributed by atoms with Crippen LogP contribution in [-0.2, 0) is 22.4 Å². The number of benzene rings is 1. The van der Waals surface area contributed by atoms with E-state index in [0.29, 0.717) is 28.2 Å². The first-order valence-electron chi connectivity index (χ1n) is 7.02. The Hall–Kier alpha value is -2.61. The van der Waals surface area contributed by atoms with Crippen molar-refractivity contribution in [1.29, 1.82) is 0 Å². The van der Waals surface area contributed by atoms with Crippen molar-refractivity contribution in [1.82, 2.24) is 9.59 Å². The van der Waals surface area contributed by atoms with Crippen LogP contribution in [-0.4, -0.2) is 33.9 Å². The highest BCUT2D eigenvalue weighted by molar-refractivity contribution is 7.07. The van der Waals surface area contributed by atoms with E-state index < -0.39 is 5.97 Å². The van der Waals surface area contributed by atoms with Crippen molar-refractivity contribution in [2.24, 2.45) is 0 Å². The lowest BCUT2D eigenvalue weighted by Gasteiger charge is -2.05. The van der Waals surface area contributed by atoms with Gasteiger partial charge in [0.15, 0.2) is 17.3 Å². The fourth-order valence-corrected chi connectivity index (χ4v) is 2.92. The van der Waals surface area contributed by atoms with E-state index in [1.165, 1.54) is 0 Å². The van der Waals surface area contributed by atoms with Gasteiger partial charge in [0.2, 0.25) is 5.91 Å². The summed E-state index contributed by atoms with van der Waals surface area (Å²) in [6, 6.07) is 4.93. The van der Waals surface area contributed by atoms with Crippen LogP contribution < -0.4 is 5.32 Å². The highest BCUT2D eigenvalue weighted by Gasteiger charge is 2.21. The fraction of sp³-hybridized carbons (Fsp3) is 0.267. The number of carbonyl (C=O) groups is 3. The molecule has 0 radical (unpaired) electrons. The number of carbonyl (C=O) groups excluding carboxylic acids is 3. The molecule has 0 unspecified atom stereocenters. The maximum absolute atomic E-state index is 12.1. The highest BCUT2D eigenvalue weighted by atomic mass is 32.1. The quantitative estimate of drug-likeness (QED) is 0.660. The lowest BCUT2D eigenvalue weighted by atomic mass is 10.1. The molecule has 1 aliphatic rings. The Kier molecular flexibility index (Phi) is 4.16. The van der Waals surface area contributed by atoms with Crippen molar-refractivity contribution in [2.75, 3.05) is 11.9 Å². The van der Waals surface area contributed by atoms with E-state index >= 15 is 0 Å². The zero-order chi connectivity index (χ0) is 16.4. The van der Waals surface area contributed by atoms with Gasteiger partial charge in [-0.3, -0.25) is 9.59 Å². The summed E-state index contributed by atoms with van der Waals surface area (Å²) in [5.74, 6) is -1.01. The SMILES string of the molecule is CCc1nnsc1C(=O)OCC(=O)c1ccc2c(c1)CC(=O)N2. The van der Waals surface area contributed by atoms with Gasteiger partial charge in [-0.2, -0.15) is 0 Å². The minimum absolute atomic E-state index is 0.0965. The molecule has 0 atom stereocenters. The standard InChI is InChI=1S/C15H13N3O4S/c1-2-10-14(23-18-17-10)15(21)22-7-12(19)8-3-4-11-9(5-8)6-13(20)16-11/h3-5H,2,6-7H2,1H3,(H,16,20). The van der Waals surface area contributed by atoms with E-state index in [9.17, 15) is 14.4 Å². The minimum Gasteiger partial charge on any atom is -0.453 e. The minimum atomic E-state index is -0.594. The van der Waals surface area contributed by atoms with Crippen LogP contribution in [0.15, 0.2) is 18.2 Å². The second-order valence-corrected chi connectivity index (χ2v) is 5.75. The van der Waals surface area contributed by atoms with Gasteiger partial charge in [0.25, 0.3) is 0 Å². The van der Waals surface area contributed by atoms with E-state index in [2.05, 4.69) is 14.9 Å². The number of fused-ring (bicyclic) bond motifs is 1. The summed E-state index contributed by atoms with van der Waals surface area (Å²) in [6.07, 6.45) is 0.823. The van der Waals surface area contributed by atoms with Gasteiger partial charge in [0.05, 0.1) is 12.1 Å². The van der Waals surface area contributed by atoms with Crippen molar-refractivity contribution in [3.63, 3.8) is 0 Å². The molecule has 1 aromatic carbocycles. The Morgan fingerprint density at radius 3 is 3.00 bits per heavy atom. The number of Topliss-reactive ketones (excluding diaryl/α,β-unsaturated/α-hetero) is 1. The molecule has 1 aromatic heterocycles. The topological polar surface area (TPSA) is 98.2 Å². The molecule has 118 valence electrons. The Balaban J connectivity index is 1.65. The first-order valence-corrected chi connectivity index (χ1v) is 7.80. The van der Waals surface area contributed by atoms with Crippen LogP contribution >= 0.6 is 11.5 Å². The van der Waals surface area contributed by atoms with Crippen LogP contribution in [0.5, 0.6) is 0 Å². The van der Waals surface area contributed by atoms with Gasteiger partial charge in [-0.25, -0.2) is 4.79 Å². The molecule has 2 aromatic rings. The second-order valence-electron chi connectivity index (χ2n) is 5.00.